The molecular formula is C14H17N5O3. The summed E-state index contributed by atoms with van der Waals surface area (Å²) in [6.45, 7) is 1.58. The summed E-state index contributed by atoms with van der Waals surface area (Å²) in [5.74, 6) is 0.102. The number of rotatable bonds is 4. The standard InChI is InChI=1S/C14H17N5O3/c20-11(5-6-12(21)19-7-1-2-8-19)16-10-4-3-9-13(17-10)18-14(22)15-9/h3-4H,1-2,5-8H2,(H3,15,16,17,18,20,22). The van der Waals surface area contributed by atoms with Crippen LogP contribution in [0.2, 0.25) is 0 Å². The van der Waals surface area contributed by atoms with Crippen LogP contribution in [0.15, 0.2) is 16.9 Å². The average Bonchev–Trinajstić information content (AvgIpc) is 3.12. The molecule has 0 saturated carbocycles. The Morgan fingerprint density at radius 1 is 1.18 bits per heavy atom. The van der Waals surface area contributed by atoms with Gasteiger partial charge in [0.2, 0.25) is 11.8 Å². The molecule has 1 aliphatic heterocycles. The maximum absolute atomic E-state index is 11.9. The molecule has 0 aliphatic carbocycles. The Bertz CT molecular complexity index is 757. The molecule has 8 nitrogen and oxygen atoms in total. The molecule has 0 atom stereocenters. The quantitative estimate of drug-likeness (QED) is 0.767. The number of fused-ring (bicyclic) bond motifs is 1. The predicted octanol–water partition coefficient (Wildman–Crippen LogP) is 0.592. The van der Waals surface area contributed by atoms with Gasteiger partial charge in [0.1, 0.15) is 5.82 Å². The van der Waals surface area contributed by atoms with Gasteiger partial charge >= 0.3 is 5.69 Å². The van der Waals surface area contributed by atoms with Crippen molar-refractivity contribution in [2.45, 2.75) is 25.7 Å². The van der Waals surface area contributed by atoms with Crippen LogP contribution in [-0.2, 0) is 9.59 Å². The first-order chi connectivity index (χ1) is 10.6. The van der Waals surface area contributed by atoms with E-state index in [-0.39, 0.29) is 30.3 Å². The molecule has 0 aromatic carbocycles. The molecule has 3 heterocycles. The van der Waals surface area contributed by atoms with Crippen molar-refractivity contribution in [3.8, 4) is 0 Å². The Labute approximate surface area is 125 Å². The van der Waals surface area contributed by atoms with E-state index in [1.54, 1.807) is 17.0 Å². The molecule has 0 bridgehead atoms. The first-order valence-corrected chi connectivity index (χ1v) is 7.28. The summed E-state index contributed by atoms with van der Waals surface area (Å²) >= 11 is 0. The Kier molecular flexibility index (Phi) is 3.90. The topological polar surface area (TPSA) is 111 Å². The van der Waals surface area contributed by atoms with Gasteiger partial charge in [0, 0.05) is 25.9 Å². The number of anilines is 1. The summed E-state index contributed by atoms with van der Waals surface area (Å²) in [7, 11) is 0. The van der Waals surface area contributed by atoms with Crippen LogP contribution in [0.5, 0.6) is 0 Å². The number of aromatic nitrogens is 3. The number of imidazole rings is 1. The van der Waals surface area contributed by atoms with Gasteiger partial charge in [-0.1, -0.05) is 0 Å². The van der Waals surface area contributed by atoms with Crippen molar-refractivity contribution in [2.24, 2.45) is 0 Å². The molecular weight excluding hydrogens is 286 g/mol. The van der Waals surface area contributed by atoms with Gasteiger partial charge in [0.25, 0.3) is 0 Å². The second kappa shape index (κ2) is 6.00. The van der Waals surface area contributed by atoms with Gasteiger partial charge in [0.15, 0.2) is 5.65 Å². The Morgan fingerprint density at radius 3 is 2.73 bits per heavy atom. The number of likely N-dealkylation sites (tertiary alicyclic amines) is 1. The number of hydrogen-bond donors (Lipinski definition) is 3. The molecule has 0 spiro atoms. The normalized spacial score (nSPS) is 14.5. The fraction of sp³-hybridized carbons (Fsp3) is 0.429. The van der Waals surface area contributed by atoms with Crippen molar-refractivity contribution < 1.29 is 9.59 Å². The maximum Gasteiger partial charge on any atom is 0.325 e. The predicted molar refractivity (Wildman–Crippen MR) is 80.4 cm³/mol. The van der Waals surface area contributed by atoms with Gasteiger partial charge in [-0.05, 0) is 25.0 Å². The van der Waals surface area contributed by atoms with E-state index in [0.717, 1.165) is 25.9 Å². The Balaban J connectivity index is 1.55. The highest BCUT2D eigenvalue weighted by Crippen LogP contribution is 2.12. The Morgan fingerprint density at radius 2 is 1.95 bits per heavy atom. The first kappa shape index (κ1) is 14.3. The van der Waals surface area contributed by atoms with Crippen LogP contribution < -0.4 is 11.0 Å². The zero-order valence-corrected chi connectivity index (χ0v) is 12.0. The summed E-state index contributed by atoms with van der Waals surface area (Å²) in [4.78, 5) is 45.9. The summed E-state index contributed by atoms with van der Waals surface area (Å²) in [6, 6.07) is 3.26. The zero-order chi connectivity index (χ0) is 15.5. The highest BCUT2D eigenvalue weighted by atomic mass is 16.2. The summed E-state index contributed by atoms with van der Waals surface area (Å²) < 4.78 is 0. The lowest BCUT2D eigenvalue weighted by molar-refractivity contribution is -0.131. The highest BCUT2D eigenvalue weighted by Gasteiger charge is 2.18. The summed E-state index contributed by atoms with van der Waals surface area (Å²) in [6.07, 6.45) is 2.40. The zero-order valence-electron chi connectivity index (χ0n) is 12.0. The third-order valence-corrected chi connectivity index (χ3v) is 3.67. The van der Waals surface area contributed by atoms with Crippen molar-refractivity contribution in [1.29, 1.82) is 0 Å². The summed E-state index contributed by atoms with van der Waals surface area (Å²) in [5, 5.41) is 2.63. The van der Waals surface area contributed by atoms with Crippen LogP contribution >= 0.6 is 0 Å². The minimum absolute atomic E-state index is 0.0195. The van der Waals surface area contributed by atoms with Crippen LogP contribution in [0.3, 0.4) is 0 Å². The van der Waals surface area contributed by atoms with Gasteiger partial charge < -0.3 is 15.2 Å². The average molecular weight is 303 g/mol. The van der Waals surface area contributed by atoms with Crippen molar-refractivity contribution in [1.82, 2.24) is 19.9 Å². The molecule has 2 amide bonds. The van der Waals surface area contributed by atoms with E-state index in [4.69, 9.17) is 0 Å². The lowest BCUT2D eigenvalue weighted by atomic mass is 10.2. The van der Waals surface area contributed by atoms with Gasteiger partial charge in [-0.25, -0.2) is 9.78 Å². The third-order valence-electron chi connectivity index (χ3n) is 3.67. The van der Waals surface area contributed by atoms with Crippen LogP contribution in [0.1, 0.15) is 25.7 Å². The molecule has 22 heavy (non-hydrogen) atoms. The molecule has 3 rings (SSSR count). The molecule has 1 fully saturated rings. The number of nitrogens with one attached hydrogen (secondary N) is 3. The van der Waals surface area contributed by atoms with Gasteiger partial charge in [-0.2, -0.15) is 0 Å². The van der Waals surface area contributed by atoms with Crippen molar-refractivity contribution in [3.05, 3.63) is 22.6 Å². The van der Waals surface area contributed by atoms with Gasteiger partial charge in [0.05, 0.1) is 5.52 Å². The largest absolute Gasteiger partial charge is 0.343 e. The fourth-order valence-corrected chi connectivity index (χ4v) is 2.54. The molecule has 2 aromatic heterocycles. The van der Waals surface area contributed by atoms with E-state index in [1.165, 1.54) is 0 Å². The minimum Gasteiger partial charge on any atom is -0.343 e. The number of hydrogen-bond acceptors (Lipinski definition) is 4. The number of carbonyl (C=O) groups excluding carboxylic acids is 2. The third kappa shape index (κ3) is 3.16. The molecule has 1 aliphatic rings. The first-order valence-electron chi connectivity index (χ1n) is 7.28. The lowest BCUT2D eigenvalue weighted by Crippen LogP contribution is -2.28. The second-order valence-corrected chi connectivity index (χ2v) is 5.31. The molecule has 1 saturated heterocycles. The van der Waals surface area contributed by atoms with Crippen molar-refractivity contribution in [3.63, 3.8) is 0 Å². The maximum atomic E-state index is 11.9. The van der Waals surface area contributed by atoms with Crippen LogP contribution in [0.4, 0.5) is 5.82 Å². The van der Waals surface area contributed by atoms with E-state index in [2.05, 4.69) is 20.3 Å². The number of nitrogens with zero attached hydrogens (tertiary/aromatic N) is 2. The SMILES string of the molecule is O=C(CCC(=O)N1CCCC1)Nc1ccc2[nH]c(=O)[nH]c2n1. The van der Waals surface area contributed by atoms with Gasteiger partial charge in [-0.3, -0.25) is 14.6 Å². The van der Waals surface area contributed by atoms with Crippen molar-refractivity contribution >= 4 is 28.8 Å². The lowest BCUT2D eigenvalue weighted by Gasteiger charge is -2.14. The Hall–Kier alpha value is -2.64. The number of amides is 2. The van der Waals surface area contributed by atoms with Crippen molar-refractivity contribution in [2.75, 3.05) is 18.4 Å². The minimum atomic E-state index is -0.345. The van der Waals surface area contributed by atoms with E-state index >= 15 is 0 Å². The fourth-order valence-electron chi connectivity index (χ4n) is 2.54. The molecule has 0 unspecified atom stereocenters. The van der Waals surface area contributed by atoms with E-state index in [9.17, 15) is 14.4 Å². The number of carbonyl (C=O) groups is 2. The van der Waals surface area contributed by atoms with E-state index in [1.807, 2.05) is 0 Å². The number of pyridine rings is 1. The number of aromatic amines is 2. The van der Waals surface area contributed by atoms with Crippen LogP contribution in [-0.4, -0.2) is 44.8 Å². The monoisotopic (exact) mass is 303 g/mol. The second-order valence-electron chi connectivity index (χ2n) is 5.31. The smallest absolute Gasteiger partial charge is 0.325 e. The highest BCUT2D eigenvalue weighted by molar-refractivity contribution is 5.93. The molecule has 8 heteroatoms. The molecule has 0 radical (unpaired) electrons. The number of H-pyrrole nitrogens is 2. The van der Waals surface area contributed by atoms with Crippen LogP contribution in [0, 0.1) is 0 Å². The summed E-state index contributed by atoms with van der Waals surface area (Å²) in [5.41, 5.74) is 0.616. The molecule has 116 valence electrons. The van der Waals surface area contributed by atoms with E-state index < -0.39 is 0 Å². The van der Waals surface area contributed by atoms with Gasteiger partial charge in [-0.15, -0.1) is 0 Å². The molecule has 3 N–H and O–H groups in total. The van der Waals surface area contributed by atoms with E-state index in [0.29, 0.717) is 17.0 Å². The van der Waals surface area contributed by atoms with Crippen LogP contribution in [0.25, 0.3) is 11.2 Å². The molecule has 2 aromatic rings.